The second kappa shape index (κ2) is 4.76. The first-order valence-electron chi connectivity index (χ1n) is 7.76. The van der Waals surface area contributed by atoms with Gasteiger partial charge in [0.15, 0.2) is 0 Å². The first kappa shape index (κ1) is 12.7. The van der Waals surface area contributed by atoms with E-state index in [0.29, 0.717) is 0 Å². The lowest BCUT2D eigenvalue weighted by Gasteiger charge is -2.28. The molecular formula is C18H20N2O. The Labute approximate surface area is 125 Å². The topological polar surface area (TPSA) is 25.2 Å². The maximum Gasteiger partial charge on any atom is 0.254 e. The summed E-state index contributed by atoms with van der Waals surface area (Å²) in [7, 11) is 2.08. The lowest BCUT2D eigenvalue weighted by atomic mass is 10.0. The molecule has 0 bridgehead atoms. The number of hydrogen-bond acceptors (Lipinski definition) is 1. The summed E-state index contributed by atoms with van der Waals surface area (Å²) in [6.45, 7) is 1.56. The van der Waals surface area contributed by atoms with Gasteiger partial charge in [-0.05, 0) is 54.2 Å². The number of carbonyl (C=O) groups excluding carboxylic acids is 1. The Balaban J connectivity index is 1.58. The molecule has 2 heterocycles. The number of fused-ring (bicyclic) bond motifs is 2. The summed E-state index contributed by atoms with van der Waals surface area (Å²) in [5, 5.41) is 0. The van der Waals surface area contributed by atoms with E-state index in [4.69, 9.17) is 0 Å². The molecule has 4 rings (SSSR count). The van der Waals surface area contributed by atoms with E-state index in [0.717, 1.165) is 31.5 Å². The number of aryl methyl sites for hydroxylation is 3. The number of aromatic nitrogens is 1. The van der Waals surface area contributed by atoms with Crippen molar-refractivity contribution in [3.8, 4) is 0 Å². The molecule has 0 radical (unpaired) electrons. The molecule has 0 spiro atoms. The average Bonchev–Trinajstić information content (AvgIpc) is 3.12. The number of hydrogen-bond donors (Lipinski definition) is 0. The van der Waals surface area contributed by atoms with E-state index in [2.05, 4.69) is 36.0 Å². The highest BCUT2D eigenvalue weighted by molar-refractivity contribution is 5.94. The highest BCUT2D eigenvalue weighted by Gasteiger charge is 2.24. The molecule has 1 aliphatic carbocycles. The standard InChI is InChI=1S/C18H20N2O/c1-19-9-7-16-12-20(10-8-17(16)19)18(21)15-6-5-13-3-2-4-14(13)11-15/h5-7,9,11H,2-4,8,10,12H2,1H3. The van der Waals surface area contributed by atoms with Crippen molar-refractivity contribution in [2.45, 2.75) is 32.2 Å². The molecule has 1 aromatic carbocycles. The second-order valence-corrected chi connectivity index (χ2v) is 6.21. The Morgan fingerprint density at radius 2 is 1.90 bits per heavy atom. The van der Waals surface area contributed by atoms with Crippen molar-refractivity contribution in [1.82, 2.24) is 9.47 Å². The van der Waals surface area contributed by atoms with Crippen LogP contribution in [-0.2, 0) is 32.9 Å². The van der Waals surface area contributed by atoms with E-state index in [1.807, 2.05) is 11.0 Å². The highest BCUT2D eigenvalue weighted by Crippen LogP contribution is 2.25. The van der Waals surface area contributed by atoms with Gasteiger partial charge < -0.3 is 9.47 Å². The maximum atomic E-state index is 12.7. The molecule has 108 valence electrons. The average molecular weight is 280 g/mol. The molecule has 0 fully saturated rings. The Morgan fingerprint density at radius 1 is 1.05 bits per heavy atom. The van der Waals surface area contributed by atoms with Gasteiger partial charge in [-0.25, -0.2) is 0 Å². The molecule has 3 heteroatoms. The van der Waals surface area contributed by atoms with E-state index in [1.54, 1.807) is 0 Å². The molecule has 1 aromatic heterocycles. The maximum absolute atomic E-state index is 12.7. The zero-order valence-corrected chi connectivity index (χ0v) is 12.4. The largest absolute Gasteiger partial charge is 0.354 e. The molecule has 0 saturated heterocycles. The number of nitrogens with zero attached hydrogens (tertiary/aromatic N) is 2. The quantitative estimate of drug-likeness (QED) is 0.788. The summed E-state index contributed by atoms with van der Waals surface area (Å²) in [5.41, 5.74) is 6.31. The van der Waals surface area contributed by atoms with Gasteiger partial charge in [-0.2, -0.15) is 0 Å². The molecule has 1 amide bonds. The van der Waals surface area contributed by atoms with Crippen LogP contribution in [0.1, 0.15) is 39.2 Å². The number of carbonyl (C=O) groups is 1. The van der Waals surface area contributed by atoms with Gasteiger partial charge in [-0.1, -0.05) is 6.07 Å². The van der Waals surface area contributed by atoms with Gasteiger partial charge >= 0.3 is 0 Å². The Hall–Kier alpha value is -2.03. The lowest BCUT2D eigenvalue weighted by molar-refractivity contribution is 0.0733. The third-order valence-electron chi connectivity index (χ3n) is 4.91. The van der Waals surface area contributed by atoms with Crippen molar-refractivity contribution >= 4 is 5.91 Å². The molecule has 1 aliphatic heterocycles. The predicted octanol–water partition coefficient (Wildman–Crippen LogP) is 2.71. The van der Waals surface area contributed by atoms with Gasteiger partial charge in [0.05, 0.1) is 0 Å². The fourth-order valence-electron chi connectivity index (χ4n) is 3.68. The van der Waals surface area contributed by atoms with Gasteiger partial charge in [0.25, 0.3) is 5.91 Å². The van der Waals surface area contributed by atoms with Crippen molar-refractivity contribution in [3.63, 3.8) is 0 Å². The minimum atomic E-state index is 0.180. The third-order valence-corrected chi connectivity index (χ3v) is 4.91. The Bertz CT molecular complexity index is 714. The molecular weight excluding hydrogens is 260 g/mol. The fraction of sp³-hybridized carbons (Fsp3) is 0.389. The van der Waals surface area contributed by atoms with Crippen LogP contribution in [-0.4, -0.2) is 21.9 Å². The van der Waals surface area contributed by atoms with Crippen LogP contribution in [0, 0.1) is 0 Å². The molecule has 0 unspecified atom stereocenters. The minimum Gasteiger partial charge on any atom is -0.354 e. The third kappa shape index (κ3) is 2.08. The molecule has 0 saturated carbocycles. The van der Waals surface area contributed by atoms with Crippen molar-refractivity contribution < 1.29 is 4.79 Å². The highest BCUT2D eigenvalue weighted by atomic mass is 16.2. The van der Waals surface area contributed by atoms with Crippen LogP contribution in [0.2, 0.25) is 0 Å². The normalized spacial score (nSPS) is 16.7. The summed E-state index contributed by atoms with van der Waals surface area (Å²) in [4.78, 5) is 14.7. The summed E-state index contributed by atoms with van der Waals surface area (Å²) in [5.74, 6) is 0.180. The van der Waals surface area contributed by atoms with Crippen LogP contribution in [0.25, 0.3) is 0 Å². The van der Waals surface area contributed by atoms with E-state index in [1.165, 1.54) is 35.2 Å². The molecule has 2 aromatic rings. The second-order valence-electron chi connectivity index (χ2n) is 6.21. The molecule has 0 N–H and O–H groups in total. The fourth-order valence-corrected chi connectivity index (χ4v) is 3.68. The summed E-state index contributed by atoms with van der Waals surface area (Å²) in [6, 6.07) is 8.41. The number of rotatable bonds is 1. The summed E-state index contributed by atoms with van der Waals surface area (Å²) in [6.07, 6.45) is 6.56. The SMILES string of the molecule is Cn1ccc2c1CCN(C(=O)c1ccc3c(c1)CCC3)C2. The number of benzene rings is 1. The van der Waals surface area contributed by atoms with Gasteiger partial charge in [-0.3, -0.25) is 4.79 Å². The Morgan fingerprint density at radius 3 is 2.81 bits per heavy atom. The predicted molar refractivity (Wildman–Crippen MR) is 82.3 cm³/mol. The lowest BCUT2D eigenvalue weighted by Crippen LogP contribution is -2.36. The van der Waals surface area contributed by atoms with E-state index in [9.17, 15) is 4.79 Å². The van der Waals surface area contributed by atoms with Crippen LogP contribution in [0.4, 0.5) is 0 Å². The molecule has 2 aliphatic rings. The van der Waals surface area contributed by atoms with E-state index >= 15 is 0 Å². The van der Waals surface area contributed by atoms with E-state index < -0.39 is 0 Å². The van der Waals surface area contributed by atoms with Gasteiger partial charge in [0.1, 0.15) is 0 Å². The van der Waals surface area contributed by atoms with Crippen molar-refractivity contribution in [2.24, 2.45) is 7.05 Å². The van der Waals surface area contributed by atoms with Crippen LogP contribution >= 0.6 is 0 Å². The molecule has 0 atom stereocenters. The molecule has 3 nitrogen and oxygen atoms in total. The Kier molecular flexibility index (Phi) is 2.88. The van der Waals surface area contributed by atoms with Crippen molar-refractivity contribution in [3.05, 3.63) is 58.4 Å². The van der Waals surface area contributed by atoms with E-state index in [-0.39, 0.29) is 5.91 Å². The van der Waals surface area contributed by atoms with Crippen LogP contribution in [0.3, 0.4) is 0 Å². The van der Waals surface area contributed by atoms with Crippen molar-refractivity contribution in [2.75, 3.05) is 6.54 Å². The summed E-state index contributed by atoms with van der Waals surface area (Å²) < 4.78 is 2.17. The van der Waals surface area contributed by atoms with Gasteiger partial charge in [0, 0.05) is 44.0 Å². The first-order chi connectivity index (χ1) is 10.2. The van der Waals surface area contributed by atoms with Crippen molar-refractivity contribution in [1.29, 1.82) is 0 Å². The van der Waals surface area contributed by atoms with Crippen LogP contribution in [0.5, 0.6) is 0 Å². The van der Waals surface area contributed by atoms with Crippen LogP contribution < -0.4 is 0 Å². The molecule has 21 heavy (non-hydrogen) atoms. The zero-order chi connectivity index (χ0) is 14.4. The smallest absolute Gasteiger partial charge is 0.254 e. The minimum absolute atomic E-state index is 0.180. The zero-order valence-electron chi connectivity index (χ0n) is 12.4. The summed E-state index contributed by atoms with van der Waals surface area (Å²) >= 11 is 0. The monoisotopic (exact) mass is 280 g/mol. The van der Waals surface area contributed by atoms with Gasteiger partial charge in [-0.15, -0.1) is 0 Å². The number of amides is 1. The van der Waals surface area contributed by atoms with Gasteiger partial charge in [0.2, 0.25) is 0 Å². The first-order valence-corrected chi connectivity index (χ1v) is 7.76. The van der Waals surface area contributed by atoms with Crippen LogP contribution in [0.15, 0.2) is 30.5 Å².